The minimum Gasteiger partial charge on any atom is -0.334 e. The molecule has 2 N–H and O–H groups in total. The van der Waals surface area contributed by atoms with E-state index in [9.17, 15) is 9.59 Å². The Balaban J connectivity index is 1.35. The van der Waals surface area contributed by atoms with Gasteiger partial charge in [0.2, 0.25) is 11.8 Å². The highest BCUT2D eigenvalue weighted by molar-refractivity contribution is 5.93. The number of carbonyl (C=O) groups is 2. The molecule has 4 rings (SSSR count). The zero-order chi connectivity index (χ0) is 18.1. The Kier molecular flexibility index (Phi) is 4.11. The topological polar surface area (TPSA) is 107 Å². The number of hydrogen-bond donors (Lipinski definition) is 2. The van der Waals surface area contributed by atoms with Crippen LogP contribution in [0.25, 0.3) is 11.0 Å². The molecular formula is C17H19N7O2. The molecule has 9 heteroatoms. The van der Waals surface area contributed by atoms with Crippen LogP contribution in [0.15, 0.2) is 30.7 Å². The van der Waals surface area contributed by atoms with Crippen molar-refractivity contribution >= 4 is 34.4 Å². The zero-order valence-corrected chi connectivity index (χ0v) is 14.3. The number of fused-ring (bicyclic) bond motifs is 1. The molecule has 2 amide bonds. The van der Waals surface area contributed by atoms with E-state index in [1.165, 1.54) is 4.68 Å². The third kappa shape index (κ3) is 3.28. The summed E-state index contributed by atoms with van der Waals surface area (Å²) in [7, 11) is 1.92. The fourth-order valence-corrected chi connectivity index (χ4v) is 2.89. The third-order valence-electron chi connectivity index (χ3n) is 4.58. The molecule has 0 spiro atoms. The molecule has 1 aromatic carbocycles. The lowest BCUT2D eigenvalue weighted by Crippen LogP contribution is -2.28. The maximum absolute atomic E-state index is 12.2. The molecule has 2 aromatic heterocycles. The molecule has 0 unspecified atom stereocenters. The lowest BCUT2D eigenvalue weighted by atomic mass is 9.85. The van der Waals surface area contributed by atoms with Gasteiger partial charge in [-0.15, -0.1) is 5.10 Å². The monoisotopic (exact) mass is 353 g/mol. The normalized spacial score (nSPS) is 14.2. The number of nitrogens with zero attached hydrogens (tertiary/aromatic N) is 5. The second-order valence-corrected chi connectivity index (χ2v) is 6.53. The Hall–Kier alpha value is -3.23. The van der Waals surface area contributed by atoms with E-state index >= 15 is 0 Å². The number of rotatable bonds is 5. The Morgan fingerprint density at radius 1 is 1.27 bits per heavy atom. The number of aromatic nitrogens is 5. The molecule has 1 saturated carbocycles. The van der Waals surface area contributed by atoms with E-state index in [4.69, 9.17) is 0 Å². The number of carbonyl (C=O) groups excluding carboxylic acids is 2. The van der Waals surface area contributed by atoms with Crippen LogP contribution in [-0.2, 0) is 23.2 Å². The number of benzene rings is 1. The number of amides is 2. The molecule has 9 nitrogen and oxygen atoms in total. The van der Waals surface area contributed by atoms with Gasteiger partial charge in [-0.3, -0.25) is 9.59 Å². The number of anilines is 2. The van der Waals surface area contributed by atoms with Gasteiger partial charge < -0.3 is 15.2 Å². The molecule has 1 aliphatic rings. The maximum atomic E-state index is 12.2. The maximum Gasteiger partial charge on any atom is 0.246 e. The summed E-state index contributed by atoms with van der Waals surface area (Å²) in [5, 5.41) is 13.3. The number of imidazole rings is 1. The molecule has 2 heterocycles. The second kappa shape index (κ2) is 6.58. The molecule has 1 aliphatic carbocycles. The number of nitrogens with one attached hydrogen (secondary N) is 2. The predicted octanol–water partition coefficient (Wildman–Crippen LogP) is 1.54. The van der Waals surface area contributed by atoms with E-state index in [0.29, 0.717) is 11.5 Å². The van der Waals surface area contributed by atoms with Crippen molar-refractivity contribution in [3.8, 4) is 0 Å². The van der Waals surface area contributed by atoms with E-state index in [-0.39, 0.29) is 24.3 Å². The zero-order valence-electron chi connectivity index (χ0n) is 14.3. The summed E-state index contributed by atoms with van der Waals surface area (Å²) < 4.78 is 3.31. The first kappa shape index (κ1) is 16.2. The lowest BCUT2D eigenvalue weighted by molar-refractivity contribution is -0.122. The van der Waals surface area contributed by atoms with Crippen molar-refractivity contribution in [1.29, 1.82) is 0 Å². The lowest BCUT2D eigenvalue weighted by Gasteiger charge is -2.23. The van der Waals surface area contributed by atoms with E-state index in [0.717, 1.165) is 30.3 Å². The molecule has 0 radical (unpaired) electrons. The van der Waals surface area contributed by atoms with Crippen molar-refractivity contribution < 1.29 is 9.59 Å². The summed E-state index contributed by atoms with van der Waals surface area (Å²) in [5.74, 6) is 0.174. The van der Waals surface area contributed by atoms with E-state index in [1.54, 1.807) is 12.5 Å². The van der Waals surface area contributed by atoms with Gasteiger partial charge in [0.15, 0.2) is 5.82 Å². The van der Waals surface area contributed by atoms with Crippen LogP contribution in [0, 0.1) is 5.92 Å². The first-order valence-corrected chi connectivity index (χ1v) is 8.50. The van der Waals surface area contributed by atoms with Crippen LogP contribution >= 0.6 is 0 Å². The Bertz CT molecular complexity index is 971. The van der Waals surface area contributed by atoms with Crippen LogP contribution in [0.2, 0.25) is 0 Å². The van der Waals surface area contributed by atoms with Crippen molar-refractivity contribution in [2.24, 2.45) is 13.0 Å². The third-order valence-corrected chi connectivity index (χ3v) is 4.58. The number of hydrogen-bond acceptors (Lipinski definition) is 5. The Morgan fingerprint density at radius 3 is 2.88 bits per heavy atom. The fraction of sp³-hybridized carbons (Fsp3) is 0.353. The van der Waals surface area contributed by atoms with Crippen LogP contribution in [-0.4, -0.2) is 36.4 Å². The smallest absolute Gasteiger partial charge is 0.246 e. The van der Waals surface area contributed by atoms with Crippen molar-refractivity contribution in [3.05, 3.63) is 30.7 Å². The van der Waals surface area contributed by atoms with E-state index in [1.807, 2.05) is 29.8 Å². The molecule has 0 bridgehead atoms. The van der Waals surface area contributed by atoms with Gasteiger partial charge in [-0.25, -0.2) is 9.67 Å². The molecule has 134 valence electrons. The van der Waals surface area contributed by atoms with Crippen molar-refractivity contribution in [2.45, 2.75) is 25.8 Å². The molecule has 0 aliphatic heterocycles. The van der Waals surface area contributed by atoms with Crippen molar-refractivity contribution in [3.63, 3.8) is 0 Å². The Morgan fingerprint density at radius 2 is 2.12 bits per heavy atom. The fourth-order valence-electron chi connectivity index (χ4n) is 2.89. The van der Waals surface area contributed by atoms with Crippen molar-refractivity contribution in [1.82, 2.24) is 24.5 Å². The average Bonchev–Trinajstić information content (AvgIpc) is 3.12. The summed E-state index contributed by atoms with van der Waals surface area (Å²) >= 11 is 0. The second-order valence-electron chi connectivity index (χ2n) is 6.53. The highest BCUT2D eigenvalue weighted by atomic mass is 16.2. The highest BCUT2D eigenvalue weighted by Crippen LogP contribution is 2.27. The Labute approximate surface area is 149 Å². The summed E-state index contributed by atoms with van der Waals surface area (Å²) in [6, 6.07) is 5.55. The van der Waals surface area contributed by atoms with Crippen LogP contribution < -0.4 is 10.6 Å². The predicted molar refractivity (Wildman–Crippen MR) is 95.3 cm³/mol. The minimum absolute atomic E-state index is 0.00650. The number of aryl methyl sites for hydroxylation is 1. The van der Waals surface area contributed by atoms with Crippen LogP contribution in [0.1, 0.15) is 19.3 Å². The molecule has 1 fully saturated rings. The first-order chi connectivity index (χ1) is 12.6. The van der Waals surface area contributed by atoms with Crippen molar-refractivity contribution in [2.75, 3.05) is 10.6 Å². The van der Waals surface area contributed by atoms with Gasteiger partial charge >= 0.3 is 0 Å². The van der Waals surface area contributed by atoms with Gasteiger partial charge in [0, 0.05) is 18.7 Å². The van der Waals surface area contributed by atoms with E-state index < -0.39 is 0 Å². The largest absolute Gasteiger partial charge is 0.334 e. The molecule has 3 aromatic rings. The summed E-state index contributed by atoms with van der Waals surface area (Å²) in [4.78, 5) is 28.4. The van der Waals surface area contributed by atoms with Gasteiger partial charge in [0.25, 0.3) is 0 Å². The standard InChI is InChI=1S/C17H19N7O2/c1-23-10-18-13-7-12(5-6-14(13)23)19-16(25)9-24-8-15(21-22-24)20-17(26)11-3-2-4-11/h5-8,10-11H,2-4,9H2,1H3,(H,19,25)(H,20,26). The van der Waals surface area contributed by atoms with Gasteiger partial charge in [-0.2, -0.15) is 0 Å². The van der Waals surface area contributed by atoms with Crippen LogP contribution in [0.4, 0.5) is 11.5 Å². The first-order valence-electron chi connectivity index (χ1n) is 8.50. The summed E-state index contributed by atoms with van der Waals surface area (Å²) in [6.07, 6.45) is 6.21. The van der Waals surface area contributed by atoms with Gasteiger partial charge in [-0.05, 0) is 31.0 Å². The molecule has 0 saturated heterocycles. The SMILES string of the molecule is Cn1cnc2cc(NC(=O)Cn3cc(NC(=O)C4CCC4)nn3)ccc21. The minimum atomic E-state index is -0.234. The quantitative estimate of drug-likeness (QED) is 0.724. The summed E-state index contributed by atoms with van der Waals surface area (Å²) in [6.45, 7) is 0.00650. The summed E-state index contributed by atoms with van der Waals surface area (Å²) in [5.41, 5.74) is 2.47. The highest BCUT2D eigenvalue weighted by Gasteiger charge is 2.25. The van der Waals surface area contributed by atoms with E-state index in [2.05, 4.69) is 25.9 Å². The molecular weight excluding hydrogens is 334 g/mol. The molecule has 0 atom stereocenters. The molecule has 26 heavy (non-hydrogen) atoms. The van der Waals surface area contributed by atoms with Crippen LogP contribution in [0.5, 0.6) is 0 Å². The van der Waals surface area contributed by atoms with Crippen LogP contribution in [0.3, 0.4) is 0 Å². The average molecular weight is 353 g/mol. The van der Waals surface area contributed by atoms with Gasteiger partial charge in [-0.1, -0.05) is 11.6 Å². The van der Waals surface area contributed by atoms with Gasteiger partial charge in [0.05, 0.1) is 23.6 Å². The van der Waals surface area contributed by atoms with Gasteiger partial charge in [0.1, 0.15) is 6.54 Å².